The van der Waals surface area contributed by atoms with E-state index in [-0.39, 0.29) is 6.03 Å². The van der Waals surface area contributed by atoms with Crippen LogP contribution in [-0.2, 0) is 6.42 Å². The van der Waals surface area contributed by atoms with Crippen LogP contribution in [0.3, 0.4) is 0 Å². The van der Waals surface area contributed by atoms with Gasteiger partial charge in [0.25, 0.3) is 0 Å². The van der Waals surface area contributed by atoms with Gasteiger partial charge in [0.05, 0.1) is 6.10 Å². The maximum Gasteiger partial charge on any atom is 0.314 e. The fourth-order valence-electron chi connectivity index (χ4n) is 2.66. The van der Waals surface area contributed by atoms with E-state index in [2.05, 4.69) is 22.8 Å². The molecule has 2 rings (SSSR count). The average Bonchev–Trinajstić information content (AvgIpc) is 2.91. The van der Waals surface area contributed by atoms with E-state index in [0.717, 1.165) is 29.9 Å². The van der Waals surface area contributed by atoms with E-state index in [1.807, 2.05) is 38.1 Å². The van der Waals surface area contributed by atoms with Crippen LogP contribution in [-0.4, -0.2) is 24.2 Å². The van der Waals surface area contributed by atoms with Crippen molar-refractivity contribution >= 4 is 6.03 Å². The number of carbonyl (C=O) groups is 1. The van der Waals surface area contributed by atoms with E-state index >= 15 is 0 Å². The first-order valence-electron chi connectivity index (χ1n) is 8.37. The quantitative estimate of drug-likeness (QED) is 0.650. The molecule has 0 saturated heterocycles. The molecule has 0 fully saturated rings. The minimum Gasteiger partial charge on any atom is -0.466 e. The lowest BCUT2D eigenvalue weighted by molar-refractivity contribution is 0.165. The topological polar surface area (TPSA) is 74.5 Å². The Morgan fingerprint density at radius 3 is 2.54 bits per heavy atom. The first kappa shape index (κ1) is 18.1. The van der Waals surface area contributed by atoms with E-state index in [1.165, 1.54) is 5.56 Å². The van der Waals surface area contributed by atoms with Gasteiger partial charge in [-0.25, -0.2) is 4.79 Å². The molecule has 0 bridgehead atoms. The SMILES string of the molecule is Cc1cc(C(O)CCNC(=O)NCCCc2ccccc2)c(C)o1. The van der Waals surface area contributed by atoms with E-state index < -0.39 is 6.10 Å². The lowest BCUT2D eigenvalue weighted by Gasteiger charge is -2.11. The summed E-state index contributed by atoms with van der Waals surface area (Å²) in [5.74, 6) is 1.51. The number of amides is 2. The minimum absolute atomic E-state index is 0.199. The molecule has 2 amide bonds. The second kappa shape index (κ2) is 9.13. The highest BCUT2D eigenvalue weighted by molar-refractivity contribution is 5.73. The Hall–Kier alpha value is -2.27. The number of benzene rings is 1. The van der Waals surface area contributed by atoms with Gasteiger partial charge in [-0.15, -0.1) is 0 Å². The highest BCUT2D eigenvalue weighted by Crippen LogP contribution is 2.23. The normalized spacial score (nSPS) is 12.0. The van der Waals surface area contributed by atoms with Crippen molar-refractivity contribution in [2.75, 3.05) is 13.1 Å². The highest BCUT2D eigenvalue weighted by atomic mass is 16.3. The van der Waals surface area contributed by atoms with Crippen LogP contribution in [0.4, 0.5) is 4.79 Å². The molecule has 130 valence electrons. The first-order valence-corrected chi connectivity index (χ1v) is 8.37. The summed E-state index contributed by atoms with van der Waals surface area (Å²) in [6.07, 6.45) is 1.67. The second-order valence-electron chi connectivity index (χ2n) is 5.94. The molecule has 24 heavy (non-hydrogen) atoms. The number of carbonyl (C=O) groups excluding carboxylic acids is 1. The van der Waals surface area contributed by atoms with Gasteiger partial charge in [0.15, 0.2) is 0 Å². The summed E-state index contributed by atoms with van der Waals surface area (Å²) in [6, 6.07) is 11.8. The van der Waals surface area contributed by atoms with Crippen LogP contribution in [0.1, 0.15) is 41.6 Å². The Balaban J connectivity index is 1.59. The van der Waals surface area contributed by atoms with E-state index in [4.69, 9.17) is 4.42 Å². The predicted octanol–water partition coefficient (Wildman–Crippen LogP) is 3.25. The summed E-state index contributed by atoms with van der Waals surface area (Å²) in [5.41, 5.74) is 2.06. The Bertz CT molecular complexity index is 637. The molecule has 5 nitrogen and oxygen atoms in total. The zero-order chi connectivity index (χ0) is 17.4. The number of urea groups is 1. The van der Waals surface area contributed by atoms with Crippen LogP contribution >= 0.6 is 0 Å². The smallest absolute Gasteiger partial charge is 0.314 e. The molecule has 0 saturated carbocycles. The molecule has 0 aliphatic heterocycles. The Morgan fingerprint density at radius 2 is 1.88 bits per heavy atom. The second-order valence-corrected chi connectivity index (χ2v) is 5.94. The van der Waals surface area contributed by atoms with Gasteiger partial charge < -0.3 is 20.2 Å². The van der Waals surface area contributed by atoms with Crippen LogP contribution in [0, 0.1) is 13.8 Å². The molecular weight excluding hydrogens is 304 g/mol. The maximum atomic E-state index is 11.7. The van der Waals surface area contributed by atoms with Gasteiger partial charge in [0.1, 0.15) is 11.5 Å². The maximum absolute atomic E-state index is 11.7. The zero-order valence-corrected chi connectivity index (χ0v) is 14.3. The third-order valence-corrected chi connectivity index (χ3v) is 3.91. The van der Waals surface area contributed by atoms with Crippen LogP contribution in [0.5, 0.6) is 0 Å². The number of hydrogen-bond donors (Lipinski definition) is 3. The molecule has 0 radical (unpaired) electrons. The van der Waals surface area contributed by atoms with E-state index in [9.17, 15) is 9.90 Å². The molecule has 1 atom stereocenters. The van der Waals surface area contributed by atoms with E-state index in [0.29, 0.717) is 19.5 Å². The van der Waals surface area contributed by atoms with Crippen molar-refractivity contribution in [3.8, 4) is 0 Å². The third-order valence-electron chi connectivity index (χ3n) is 3.91. The number of aryl methyl sites for hydroxylation is 3. The molecule has 3 N–H and O–H groups in total. The predicted molar refractivity (Wildman–Crippen MR) is 93.9 cm³/mol. The number of rotatable bonds is 8. The Labute approximate surface area is 143 Å². The van der Waals surface area contributed by atoms with Crippen molar-refractivity contribution in [3.05, 3.63) is 59.0 Å². The van der Waals surface area contributed by atoms with Crippen LogP contribution in [0.2, 0.25) is 0 Å². The van der Waals surface area contributed by atoms with Gasteiger partial charge in [-0.3, -0.25) is 0 Å². The monoisotopic (exact) mass is 330 g/mol. The molecule has 1 aromatic carbocycles. The molecule has 0 spiro atoms. The van der Waals surface area contributed by atoms with Crippen molar-refractivity contribution in [1.82, 2.24) is 10.6 Å². The summed E-state index contributed by atoms with van der Waals surface area (Å²) < 4.78 is 5.41. The standard InChI is InChI=1S/C19H26N2O3/c1-14-13-17(15(2)24-14)18(22)10-12-21-19(23)20-11-6-9-16-7-4-3-5-8-16/h3-5,7-8,13,18,22H,6,9-12H2,1-2H3,(H2,20,21,23). The van der Waals surface area contributed by atoms with Gasteiger partial charge in [0, 0.05) is 18.7 Å². The van der Waals surface area contributed by atoms with Crippen LogP contribution < -0.4 is 10.6 Å². The molecular formula is C19H26N2O3. The van der Waals surface area contributed by atoms with Gasteiger partial charge in [0.2, 0.25) is 0 Å². The van der Waals surface area contributed by atoms with Gasteiger partial charge in [-0.2, -0.15) is 0 Å². The fraction of sp³-hybridized carbons (Fsp3) is 0.421. The first-order chi connectivity index (χ1) is 11.6. The summed E-state index contributed by atoms with van der Waals surface area (Å²) in [4.78, 5) is 11.7. The van der Waals surface area contributed by atoms with Gasteiger partial charge in [-0.05, 0) is 44.7 Å². The Kier molecular flexibility index (Phi) is 6.88. The summed E-state index contributed by atoms with van der Waals surface area (Å²) >= 11 is 0. The number of nitrogens with one attached hydrogen (secondary N) is 2. The molecule has 1 aromatic heterocycles. The van der Waals surface area contributed by atoms with Crippen molar-refractivity contribution in [2.24, 2.45) is 0 Å². The van der Waals surface area contributed by atoms with Crippen LogP contribution in [0.15, 0.2) is 40.8 Å². The molecule has 1 unspecified atom stereocenters. The summed E-state index contributed by atoms with van der Waals surface area (Å²) in [6.45, 7) is 4.72. The highest BCUT2D eigenvalue weighted by Gasteiger charge is 2.14. The molecule has 1 heterocycles. The molecule has 0 aliphatic carbocycles. The number of aliphatic hydroxyl groups is 1. The Morgan fingerprint density at radius 1 is 1.17 bits per heavy atom. The number of hydrogen-bond acceptors (Lipinski definition) is 3. The number of aliphatic hydroxyl groups excluding tert-OH is 1. The molecule has 2 aromatic rings. The third kappa shape index (κ3) is 5.74. The summed E-state index contributed by atoms with van der Waals surface area (Å²) in [5, 5.41) is 15.7. The molecule has 5 heteroatoms. The van der Waals surface area contributed by atoms with Gasteiger partial charge >= 0.3 is 6.03 Å². The fourth-order valence-corrected chi connectivity index (χ4v) is 2.66. The summed E-state index contributed by atoms with van der Waals surface area (Å²) in [7, 11) is 0. The lowest BCUT2D eigenvalue weighted by atomic mass is 10.1. The lowest BCUT2D eigenvalue weighted by Crippen LogP contribution is -2.37. The van der Waals surface area contributed by atoms with Crippen molar-refractivity contribution in [2.45, 2.75) is 39.2 Å². The molecule has 0 aliphatic rings. The van der Waals surface area contributed by atoms with Crippen LogP contribution in [0.25, 0.3) is 0 Å². The van der Waals surface area contributed by atoms with E-state index in [1.54, 1.807) is 0 Å². The number of furan rings is 1. The largest absolute Gasteiger partial charge is 0.466 e. The van der Waals surface area contributed by atoms with Crippen molar-refractivity contribution in [1.29, 1.82) is 0 Å². The zero-order valence-electron chi connectivity index (χ0n) is 14.3. The minimum atomic E-state index is -0.624. The van der Waals surface area contributed by atoms with Crippen molar-refractivity contribution in [3.63, 3.8) is 0 Å². The van der Waals surface area contributed by atoms with Gasteiger partial charge in [-0.1, -0.05) is 30.3 Å². The van der Waals surface area contributed by atoms with Crippen molar-refractivity contribution < 1.29 is 14.3 Å². The average molecular weight is 330 g/mol.